The van der Waals surface area contributed by atoms with Crippen LogP contribution in [0.15, 0.2) is 54.6 Å². The monoisotopic (exact) mass is 301 g/mol. The van der Waals surface area contributed by atoms with Crippen molar-refractivity contribution < 1.29 is 4.79 Å². The Hall–Kier alpha value is -3.45. The molecule has 0 fully saturated rings. The fourth-order valence-corrected chi connectivity index (χ4v) is 2.42. The average Bonchev–Trinajstić information content (AvgIpc) is 2.53. The number of carbonyl (C=O) groups excluding carboxylic acids is 1. The van der Waals surface area contributed by atoms with Gasteiger partial charge in [0.25, 0.3) is 5.91 Å². The van der Waals surface area contributed by atoms with E-state index in [-0.39, 0.29) is 5.91 Å². The summed E-state index contributed by atoms with van der Waals surface area (Å²) >= 11 is 0. The molecule has 0 saturated heterocycles. The maximum absolute atomic E-state index is 12.3. The molecule has 4 nitrogen and oxygen atoms in total. The van der Waals surface area contributed by atoms with Crippen molar-refractivity contribution in [1.29, 1.82) is 0 Å². The molecule has 0 spiro atoms. The first-order valence-electron chi connectivity index (χ1n) is 7.03. The maximum Gasteiger partial charge on any atom is 0.255 e. The third-order valence-corrected chi connectivity index (χ3v) is 3.50. The van der Waals surface area contributed by atoms with Crippen LogP contribution >= 0.6 is 0 Å². The minimum absolute atomic E-state index is 0.261. The van der Waals surface area contributed by atoms with Gasteiger partial charge in [0.1, 0.15) is 0 Å². The molecule has 0 saturated carbocycles. The highest BCUT2D eigenvalue weighted by atomic mass is 16.1. The summed E-state index contributed by atoms with van der Waals surface area (Å²) in [5.41, 5.74) is 14.3. The van der Waals surface area contributed by atoms with Gasteiger partial charge >= 0.3 is 0 Å². The number of nitrogens with two attached hydrogens (primary N) is 2. The molecule has 0 aliphatic carbocycles. The highest BCUT2D eigenvalue weighted by Gasteiger charge is 2.08. The Morgan fingerprint density at radius 1 is 0.913 bits per heavy atom. The number of benzene rings is 3. The van der Waals surface area contributed by atoms with Crippen molar-refractivity contribution in [2.45, 2.75) is 0 Å². The van der Waals surface area contributed by atoms with E-state index in [9.17, 15) is 4.79 Å². The third-order valence-electron chi connectivity index (χ3n) is 3.50. The number of fused-ring (bicyclic) bond motifs is 1. The van der Waals surface area contributed by atoms with Gasteiger partial charge in [-0.2, -0.15) is 0 Å². The lowest BCUT2D eigenvalue weighted by Crippen LogP contribution is -2.12. The van der Waals surface area contributed by atoms with Crippen LogP contribution in [-0.4, -0.2) is 5.91 Å². The number of nitrogen functional groups attached to an aromatic ring is 2. The van der Waals surface area contributed by atoms with E-state index in [1.807, 2.05) is 36.4 Å². The Kier molecular flexibility index (Phi) is 3.62. The number of amides is 1. The summed E-state index contributed by atoms with van der Waals surface area (Å²) in [7, 11) is 0. The summed E-state index contributed by atoms with van der Waals surface area (Å²) in [6.45, 7) is 0. The van der Waals surface area contributed by atoms with Crippen molar-refractivity contribution >= 4 is 33.7 Å². The van der Waals surface area contributed by atoms with Gasteiger partial charge in [0.15, 0.2) is 0 Å². The summed E-state index contributed by atoms with van der Waals surface area (Å²) in [6.07, 6.45) is 5.40. The van der Waals surface area contributed by atoms with Gasteiger partial charge in [-0.15, -0.1) is 6.42 Å². The highest BCUT2D eigenvalue weighted by Crippen LogP contribution is 2.21. The number of carbonyl (C=O) groups is 1. The van der Waals surface area contributed by atoms with Crippen molar-refractivity contribution in [3.63, 3.8) is 0 Å². The number of hydrogen-bond acceptors (Lipinski definition) is 3. The number of anilines is 3. The minimum atomic E-state index is -0.261. The van der Waals surface area contributed by atoms with Crippen LogP contribution in [-0.2, 0) is 0 Å². The molecule has 0 bridgehead atoms. The molecular weight excluding hydrogens is 286 g/mol. The molecule has 0 aliphatic rings. The fraction of sp³-hybridized carbons (Fsp3) is 0. The molecule has 0 aliphatic heterocycles. The second-order valence-corrected chi connectivity index (χ2v) is 5.26. The van der Waals surface area contributed by atoms with Gasteiger partial charge in [0.05, 0.1) is 0 Å². The molecule has 0 radical (unpaired) electrons. The van der Waals surface area contributed by atoms with Crippen LogP contribution in [0.1, 0.15) is 15.9 Å². The van der Waals surface area contributed by atoms with Crippen LogP contribution in [0.25, 0.3) is 10.8 Å². The van der Waals surface area contributed by atoms with Crippen LogP contribution in [0.3, 0.4) is 0 Å². The van der Waals surface area contributed by atoms with Gasteiger partial charge in [-0.25, -0.2) is 0 Å². The summed E-state index contributed by atoms with van der Waals surface area (Å²) in [4.78, 5) is 12.3. The van der Waals surface area contributed by atoms with E-state index >= 15 is 0 Å². The summed E-state index contributed by atoms with van der Waals surface area (Å²) in [5, 5.41) is 4.86. The molecule has 0 heterocycles. The quantitative estimate of drug-likeness (QED) is 0.502. The van der Waals surface area contributed by atoms with Crippen molar-refractivity contribution in [3.8, 4) is 12.3 Å². The summed E-state index contributed by atoms with van der Waals surface area (Å²) in [5.74, 6) is 2.34. The number of hydrogen-bond donors (Lipinski definition) is 3. The lowest BCUT2D eigenvalue weighted by atomic mass is 10.1. The normalized spacial score (nSPS) is 10.2. The Bertz CT molecular complexity index is 934. The number of rotatable bonds is 2. The predicted octanol–water partition coefficient (Wildman–Crippen LogP) is 3.24. The van der Waals surface area contributed by atoms with Crippen LogP contribution in [0, 0.1) is 12.3 Å². The molecule has 3 aromatic rings. The van der Waals surface area contributed by atoms with Crippen LogP contribution in [0.5, 0.6) is 0 Å². The van der Waals surface area contributed by atoms with E-state index in [4.69, 9.17) is 17.9 Å². The van der Waals surface area contributed by atoms with Gasteiger partial charge in [0.2, 0.25) is 0 Å². The Morgan fingerprint density at radius 3 is 2.26 bits per heavy atom. The molecule has 0 atom stereocenters. The Labute approximate surface area is 134 Å². The predicted molar refractivity (Wildman–Crippen MR) is 95.1 cm³/mol. The first-order valence-corrected chi connectivity index (χ1v) is 7.03. The molecule has 23 heavy (non-hydrogen) atoms. The Morgan fingerprint density at radius 2 is 1.57 bits per heavy atom. The molecule has 5 N–H and O–H groups in total. The van der Waals surface area contributed by atoms with E-state index in [0.29, 0.717) is 22.6 Å². The van der Waals surface area contributed by atoms with E-state index in [2.05, 4.69) is 11.2 Å². The zero-order chi connectivity index (χ0) is 16.4. The zero-order valence-corrected chi connectivity index (χ0v) is 12.3. The van der Waals surface area contributed by atoms with Crippen molar-refractivity contribution in [2.24, 2.45) is 0 Å². The largest absolute Gasteiger partial charge is 0.399 e. The smallest absolute Gasteiger partial charge is 0.255 e. The zero-order valence-electron chi connectivity index (χ0n) is 12.3. The summed E-state index contributed by atoms with van der Waals surface area (Å²) in [6, 6.07) is 16.2. The number of terminal acetylenes is 1. The molecule has 0 aromatic heterocycles. The van der Waals surface area contributed by atoms with Crippen molar-refractivity contribution in [2.75, 3.05) is 16.8 Å². The van der Waals surface area contributed by atoms with Crippen molar-refractivity contribution in [1.82, 2.24) is 0 Å². The first kappa shape index (κ1) is 14.5. The standard InChI is InChI=1S/C19H15N3O/c1-2-12-3-4-14-10-18(6-5-13(14)7-12)22-19(23)15-8-16(20)11-17(21)9-15/h1,3-11H,20-21H2,(H,22,23). The topological polar surface area (TPSA) is 81.1 Å². The maximum atomic E-state index is 12.3. The first-order chi connectivity index (χ1) is 11.0. The van der Waals surface area contributed by atoms with E-state index in [0.717, 1.165) is 16.3 Å². The molecule has 3 aromatic carbocycles. The molecule has 4 heteroatoms. The Balaban J connectivity index is 1.89. The molecule has 0 unspecified atom stereocenters. The van der Waals surface area contributed by atoms with E-state index in [1.165, 1.54) is 0 Å². The van der Waals surface area contributed by atoms with Gasteiger partial charge in [-0.05, 0) is 53.2 Å². The van der Waals surface area contributed by atoms with Crippen LogP contribution in [0.2, 0.25) is 0 Å². The van der Waals surface area contributed by atoms with Gasteiger partial charge in [0, 0.05) is 28.2 Å². The van der Waals surface area contributed by atoms with Gasteiger partial charge in [-0.1, -0.05) is 18.1 Å². The third kappa shape index (κ3) is 3.09. The van der Waals surface area contributed by atoms with Crippen molar-refractivity contribution in [3.05, 3.63) is 65.7 Å². The lowest BCUT2D eigenvalue weighted by Gasteiger charge is -2.08. The average molecular weight is 301 g/mol. The second-order valence-electron chi connectivity index (χ2n) is 5.26. The van der Waals surface area contributed by atoms with Gasteiger partial charge in [-0.3, -0.25) is 4.79 Å². The molecule has 3 rings (SSSR count). The lowest BCUT2D eigenvalue weighted by molar-refractivity contribution is 0.102. The fourth-order valence-electron chi connectivity index (χ4n) is 2.42. The van der Waals surface area contributed by atoms with Crippen LogP contribution < -0.4 is 16.8 Å². The van der Waals surface area contributed by atoms with Gasteiger partial charge < -0.3 is 16.8 Å². The minimum Gasteiger partial charge on any atom is -0.399 e. The highest BCUT2D eigenvalue weighted by molar-refractivity contribution is 6.06. The van der Waals surface area contributed by atoms with E-state index in [1.54, 1.807) is 18.2 Å². The molecule has 112 valence electrons. The second kappa shape index (κ2) is 5.74. The van der Waals surface area contributed by atoms with Crippen LogP contribution in [0.4, 0.5) is 17.1 Å². The molecule has 1 amide bonds. The van der Waals surface area contributed by atoms with E-state index < -0.39 is 0 Å². The SMILES string of the molecule is C#Cc1ccc2cc(NC(=O)c3cc(N)cc(N)c3)ccc2c1. The summed E-state index contributed by atoms with van der Waals surface area (Å²) < 4.78 is 0. The number of nitrogens with one attached hydrogen (secondary N) is 1. The molecular formula is C19H15N3O.